The van der Waals surface area contributed by atoms with Crippen molar-refractivity contribution >= 4 is 11.6 Å². The third kappa shape index (κ3) is 3.60. The van der Waals surface area contributed by atoms with Gasteiger partial charge in [0.25, 0.3) is 0 Å². The summed E-state index contributed by atoms with van der Waals surface area (Å²) >= 11 is 0. The van der Waals surface area contributed by atoms with Crippen molar-refractivity contribution < 1.29 is 9.53 Å². The van der Waals surface area contributed by atoms with E-state index in [1.165, 1.54) is 45.2 Å². The quantitative estimate of drug-likeness (QED) is 0.791. The second-order valence-corrected chi connectivity index (χ2v) is 8.54. The highest BCUT2D eigenvalue weighted by atomic mass is 16.5. The normalized spacial score (nSPS) is 26.2. The number of anilines is 1. The fourth-order valence-electron chi connectivity index (χ4n) is 4.90. The molecule has 2 saturated heterocycles. The topological polar surface area (TPSA) is 45.7 Å². The molecular weight excluding hydrogens is 350 g/mol. The molecule has 1 atom stereocenters. The van der Waals surface area contributed by atoms with Gasteiger partial charge in [0.15, 0.2) is 0 Å². The molecule has 4 aliphatic rings. The van der Waals surface area contributed by atoms with Crippen LogP contribution in [0.2, 0.25) is 0 Å². The first-order valence-corrected chi connectivity index (χ1v) is 10.8. The Hall–Kier alpha value is -2.14. The van der Waals surface area contributed by atoms with Crippen molar-refractivity contribution in [1.82, 2.24) is 9.88 Å². The highest BCUT2D eigenvalue weighted by Gasteiger charge is 2.30. The van der Waals surface area contributed by atoms with E-state index in [-0.39, 0.29) is 5.91 Å². The molecule has 2 aliphatic heterocycles. The summed E-state index contributed by atoms with van der Waals surface area (Å²) in [5.74, 6) is 2.41. The van der Waals surface area contributed by atoms with E-state index >= 15 is 0 Å². The first kappa shape index (κ1) is 17.9. The van der Waals surface area contributed by atoms with Crippen molar-refractivity contribution in [1.29, 1.82) is 0 Å². The number of hydrogen-bond acceptors (Lipinski definition) is 4. The molecule has 1 unspecified atom stereocenters. The molecule has 1 aromatic heterocycles. The predicted molar refractivity (Wildman–Crippen MR) is 109 cm³/mol. The number of pyridine rings is 1. The largest absolute Gasteiger partial charge is 0.443 e. The van der Waals surface area contributed by atoms with Crippen LogP contribution in [-0.4, -0.2) is 41.5 Å². The Balaban J connectivity index is 1.21. The Labute approximate surface area is 167 Å². The number of allylic oxidation sites excluding steroid dienone is 3. The summed E-state index contributed by atoms with van der Waals surface area (Å²) in [6.45, 7) is 3.23. The molecule has 1 amide bonds. The van der Waals surface area contributed by atoms with Crippen LogP contribution >= 0.6 is 0 Å². The number of amides is 1. The molecule has 5 heteroatoms. The highest BCUT2D eigenvalue weighted by molar-refractivity contribution is 5.95. The molecule has 148 valence electrons. The Kier molecular flexibility index (Phi) is 4.93. The van der Waals surface area contributed by atoms with Crippen LogP contribution < -0.4 is 9.64 Å². The number of carbonyl (C=O) groups is 1. The summed E-state index contributed by atoms with van der Waals surface area (Å²) in [6.07, 6.45) is 15.3. The van der Waals surface area contributed by atoms with E-state index in [0.717, 1.165) is 36.9 Å². The molecular formula is C23H29N3O2. The van der Waals surface area contributed by atoms with Crippen molar-refractivity contribution in [2.75, 3.05) is 24.5 Å². The maximum atomic E-state index is 11.9. The van der Waals surface area contributed by atoms with E-state index in [2.05, 4.69) is 22.0 Å². The van der Waals surface area contributed by atoms with Crippen LogP contribution in [0, 0.1) is 5.92 Å². The number of hydrogen-bond donors (Lipinski definition) is 0. The summed E-state index contributed by atoms with van der Waals surface area (Å²) in [5, 5.41) is 0. The standard InChI is InChI=1S/C23H29N3O2/c27-23-5-2-12-26(23)20-7-9-22(24-16-20)28-21-8-6-17-10-13-25(19-3-1-4-19)14-11-18(17)15-21/h6-9,16,18-19H,1-5,10-15H2. The Morgan fingerprint density at radius 2 is 1.93 bits per heavy atom. The lowest BCUT2D eigenvalue weighted by Gasteiger charge is -2.36. The molecule has 0 radical (unpaired) electrons. The lowest BCUT2D eigenvalue weighted by molar-refractivity contribution is -0.117. The van der Waals surface area contributed by atoms with E-state index in [1.54, 1.807) is 11.8 Å². The highest BCUT2D eigenvalue weighted by Crippen LogP contribution is 2.36. The number of carbonyl (C=O) groups excluding carboxylic acids is 1. The van der Waals surface area contributed by atoms with E-state index in [4.69, 9.17) is 4.74 Å². The fraction of sp³-hybridized carbons (Fsp3) is 0.565. The average molecular weight is 380 g/mol. The van der Waals surface area contributed by atoms with E-state index < -0.39 is 0 Å². The molecule has 5 rings (SSSR count). The lowest BCUT2D eigenvalue weighted by atomic mass is 9.87. The van der Waals surface area contributed by atoms with Gasteiger partial charge in [-0.05, 0) is 56.7 Å². The maximum absolute atomic E-state index is 11.9. The van der Waals surface area contributed by atoms with Gasteiger partial charge in [0, 0.05) is 38.0 Å². The summed E-state index contributed by atoms with van der Waals surface area (Å²) in [5.41, 5.74) is 2.46. The Morgan fingerprint density at radius 1 is 1.00 bits per heavy atom. The molecule has 5 nitrogen and oxygen atoms in total. The third-order valence-corrected chi connectivity index (χ3v) is 6.84. The predicted octanol–water partition coefficient (Wildman–Crippen LogP) is 4.07. The van der Waals surface area contributed by atoms with Gasteiger partial charge < -0.3 is 14.5 Å². The maximum Gasteiger partial charge on any atom is 0.227 e. The number of ether oxygens (including phenoxy) is 1. The average Bonchev–Trinajstić information content (AvgIpc) is 2.99. The van der Waals surface area contributed by atoms with E-state index in [9.17, 15) is 4.79 Å². The zero-order chi connectivity index (χ0) is 18.9. The number of rotatable bonds is 4. The van der Waals surface area contributed by atoms with E-state index in [0.29, 0.717) is 18.2 Å². The number of likely N-dealkylation sites (tertiary alicyclic amines) is 1. The zero-order valence-corrected chi connectivity index (χ0v) is 16.5. The van der Waals surface area contributed by atoms with Gasteiger partial charge in [-0.15, -0.1) is 0 Å². The first-order valence-electron chi connectivity index (χ1n) is 10.8. The van der Waals surface area contributed by atoms with Gasteiger partial charge in [-0.25, -0.2) is 4.98 Å². The van der Waals surface area contributed by atoms with Crippen molar-refractivity contribution in [3.8, 4) is 5.88 Å². The van der Waals surface area contributed by atoms with Crippen molar-refractivity contribution in [2.24, 2.45) is 5.92 Å². The minimum atomic E-state index is 0.187. The zero-order valence-electron chi connectivity index (χ0n) is 16.5. The molecule has 0 bridgehead atoms. The van der Waals surface area contributed by atoms with Gasteiger partial charge >= 0.3 is 0 Å². The van der Waals surface area contributed by atoms with Crippen LogP contribution in [0.3, 0.4) is 0 Å². The molecule has 1 aromatic rings. The van der Waals surface area contributed by atoms with Gasteiger partial charge in [0.05, 0.1) is 11.9 Å². The van der Waals surface area contributed by atoms with Crippen LogP contribution in [0.25, 0.3) is 0 Å². The van der Waals surface area contributed by atoms with Gasteiger partial charge in [-0.3, -0.25) is 4.79 Å². The minimum Gasteiger partial charge on any atom is -0.443 e. The molecule has 3 heterocycles. The first-order chi connectivity index (χ1) is 13.8. The van der Waals surface area contributed by atoms with Crippen LogP contribution in [0.5, 0.6) is 5.88 Å². The summed E-state index contributed by atoms with van der Waals surface area (Å²) < 4.78 is 6.08. The molecule has 3 fully saturated rings. The van der Waals surface area contributed by atoms with Crippen molar-refractivity contribution in [3.05, 3.63) is 41.8 Å². The minimum absolute atomic E-state index is 0.187. The van der Waals surface area contributed by atoms with Gasteiger partial charge in [0.1, 0.15) is 5.76 Å². The number of aromatic nitrogens is 1. The Bertz CT molecular complexity index is 795. The van der Waals surface area contributed by atoms with Crippen LogP contribution in [0.4, 0.5) is 5.69 Å². The van der Waals surface area contributed by atoms with Gasteiger partial charge in [0.2, 0.25) is 11.8 Å². The molecule has 28 heavy (non-hydrogen) atoms. The summed E-state index contributed by atoms with van der Waals surface area (Å²) in [6, 6.07) is 4.67. The molecule has 0 N–H and O–H groups in total. The molecule has 2 aliphatic carbocycles. The third-order valence-electron chi connectivity index (χ3n) is 6.84. The summed E-state index contributed by atoms with van der Waals surface area (Å²) in [7, 11) is 0. The lowest BCUT2D eigenvalue weighted by Crippen LogP contribution is -2.40. The SMILES string of the molecule is O=C1CCCN1c1ccc(OC2=CC=C3CCN(C4CCC4)CCC3C2)nc1. The number of fused-ring (bicyclic) bond motifs is 1. The van der Waals surface area contributed by atoms with Crippen molar-refractivity contribution in [3.63, 3.8) is 0 Å². The number of nitrogens with zero attached hydrogens (tertiary/aromatic N) is 3. The van der Waals surface area contributed by atoms with Gasteiger partial charge in [-0.1, -0.05) is 18.1 Å². The molecule has 0 aromatic carbocycles. The molecule has 1 saturated carbocycles. The van der Waals surface area contributed by atoms with Crippen LogP contribution in [-0.2, 0) is 4.79 Å². The monoisotopic (exact) mass is 379 g/mol. The van der Waals surface area contributed by atoms with E-state index in [1.807, 2.05) is 17.0 Å². The molecule has 0 spiro atoms. The summed E-state index contributed by atoms with van der Waals surface area (Å²) in [4.78, 5) is 20.8. The van der Waals surface area contributed by atoms with Crippen LogP contribution in [0.1, 0.15) is 51.4 Å². The second kappa shape index (κ2) is 7.70. The Morgan fingerprint density at radius 3 is 2.64 bits per heavy atom. The fourth-order valence-corrected chi connectivity index (χ4v) is 4.90. The van der Waals surface area contributed by atoms with Gasteiger partial charge in [-0.2, -0.15) is 0 Å². The smallest absolute Gasteiger partial charge is 0.227 e. The van der Waals surface area contributed by atoms with Crippen molar-refractivity contribution in [2.45, 2.75) is 57.4 Å². The van der Waals surface area contributed by atoms with Crippen LogP contribution in [0.15, 0.2) is 41.8 Å². The second-order valence-electron chi connectivity index (χ2n) is 8.54.